The van der Waals surface area contributed by atoms with Crippen LogP contribution >= 0.6 is 0 Å². The maximum Gasteiger partial charge on any atom is 0.405 e. The standard InChI is InChI=1S/C10H11N3O6/c11-9(16)18-6-4(3-14)17-8-7(6)19-10-12-5(15)1-2-13(8)10/h1-2,4,6-8,14H,3H2,(H2,11,16)/t4-,6-,7+,8-/m1/s1. The van der Waals surface area contributed by atoms with Gasteiger partial charge in [-0.2, -0.15) is 4.98 Å². The summed E-state index contributed by atoms with van der Waals surface area (Å²) in [5.74, 6) is 0. The van der Waals surface area contributed by atoms with Crippen LogP contribution in [0.5, 0.6) is 6.01 Å². The molecule has 1 aromatic rings. The molecule has 1 saturated heterocycles. The van der Waals surface area contributed by atoms with E-state index >= 15 is 0 Å². The summed E-state index contributed by atoms with van der Waals surface area (Å²) in [4.78, 5) is 25.7. The lowest BCUT2D eigenvalue weighted by Gasteiger charge is -2.19. The minimum Gasteiger partial charge on any atom is -0.452 e. The third-order valence-electron chi connectivity index (χ3n) is 3.04. The van der Waals surface area contributed by atoms with E-state index in [4.69, 9.17) is 19.9 Å². The van der Waals surface area contributed by atoms with Gasteiger partial charge in [-0.1, -0.05) is 0 Å². The average molecular weight is 269 g/mol. The van der Waals surface area contributed by atoms with E-state index in [0.717, 1.165) is 0 Å². The number of nitrogens with two attached hydrogens (primary N) is 1. The number of rotatable bonds is 2. The van der Waals surface area contributed by atoms with E-state index < -0.39 is 36.2 Å². The number of aliphatic hydroxyl groups is 1. The minimum absolute atomic E-state index is 0.0805. The smallest absolute Gasteiger partial charge is 0.405 e. The number of ether oxygens (including phenoxy) is 3. The van der Waals surface area contributed by atoms with Crippen LogP contribution < -0.4 is 16.0 Å². The topological polar surface area (TPSA) is 126 Å². The Morgan fingerprint density at radius 1 is 1.63 bits per heavy atom. The van der Waals surface area contributed by atoms with E-state index in [2.05, 4.69) is 4.98 Å². The summed E-state index contributed by atoms with van der Waals surface area (Å²) in [5.41, 5.74) is 4.53. The minimum atomic E-state index is -0.991. The van der Waals surface area contributed by atoms with Crippen molar-refractivity contribution in [3.8, 4) is 6.01 Å². The van der Waals surface area contributed by atoms with Crippen molar-refractivity contribution >= 4 is 6.09 Å². The number of aliphatic hydroxyl groups excluding tert-OH is 1. The van der Waals surface area contributed by atoms with Crippen LogP contribution in [0.3, 0.4) is 0 Å². The third-order valence-corrected chi connectivity index (χ3v) is 3.04. The third kappa shape index (κ3) is 1.83. The van der Waals surface area contributed by atoms with Crippen molar-refractivity contribution < 1.29 is 24.1 Å². The molecule has 1 amide bonds. The van der Waals surface area contributed by atoms with Crippen molar-refractivity contribution in [3.05, 3.63) is 22.6 Å². The zero-order valence-corrected chi connectivity index (χ0v) is 9.63. The molecule has 9 nitrogen and oxygen atoms in total. The first-order valence-electron chi connectivity index (χ1n) is 5.58. The Balaban J connectivity index is 1.92. The normalized spacial score (nSPS) is 31.4. The van der Waals surface area contributed by atoms with Crippen LogP contribution in [0.4, 0.5) is 4.79 Å². The fourth-order valence-corrected chi connectivity index (χ4v) is 2.28. The molecule has 0 unspecified atom stereocenters. The number of nitrogens with zero attached hydrogens (tertiary/aromatic N) is 2. The molecule has 0 aromatic carbocycles. The van der Waals surface area contributed by atoms with Crippen LogP contribution in [0, 0.1) is 0 Å². The molecular weight excluding hydrogens is 258 g/mol. The molecule has 3 heterocycles. The van der Waals surface area contributed by atoms with Gasteiger partial charge in [-0.3, -0.25) is 9.36 Å². The molecule has 3 N–H and O–H groups in total. The average Bonchev–Trinajstić information content (AvgIpc) is 2.85. The molecule has 0 bridgehead atoms. The van der Waals surface area contributed by atoms with Crippen molar-refractivity contribution in [2.75, 3.05) is 6.61 Å². The largest absolute Gasteiger partial charge is 0.452 e. The van der Waals surface area contributed by atoms with Gasteiger partial charge in [0.05, 0.1) is 6.61 Å². The van der Waals surface area contributed by atoms with Crippen molar-refractivity contribution in [1.29, 1.82) is 0 Å². The lowest BCUT2D eigenvalue weighted by atomic mass is 10.1. The predicted molar refractivity (Wildman–Crippen MR) is 58.4 cm³/mol. The van der Waals surface area contributed by atoms with Gasteiger partial charge in [0, 0.05) is 12.3 Å². The fourth-order valence-electron chi connectivity index (χ4n) is 2.28. The molecule has 102 valence electrons. The lowest BCUT2D eigenvalue weighted by Crippen LogP contribution is -2.40. The van der Waals surface area contributed by atoms with Gasteiger partial charge in [-0.25, -0.2) is 4.79 Å². The van der Waals surface area contributed by atoms with E-state index in [1.165, 1.54) is 16.8 Å². The zero-order chi connectivity index (χ0) is 13.6. The molecule has 0 saturated carbocycles. The SMILES string of the molecule is NC(=O)O[C@H]1[C@@H]2Oc3nc(=O)ccn3[C@@H]2O[C@@H]1CO. The van der Waals surface area contributed by atoms with Crippen molar-refractivity contribution in [3.63, 3.8) is 0 Å². The van der Waals surface area contributed by atoms with Crippen LogP contribution in [-0.2, 0) is 9.47 Å². The molecule has 3 rings (SSSR count). The number of carbonyl (C=O) groups excluding carboxylic acids is 1. The number of amides is 1. The number of hydrogen-bond donors (Lipinski definition) is 2. The van der Waals surface area contributed by atoms with Gasteiger partial charge in [0.1, 0.15) is 6.10 Å². The molecule has 1 aromatic heterocycles. The molecule has 2 aliphatic rings. The lowest BCUT2D eigenvalue weighted by molar-refractivity contribution is -0.0455. The Labute approximate surface area is 106 Å². The summed E-state index contributed by atoms with van der Waals surface area (Å²) < 4.78 is 17.4. The second kappa shape index (κ2) is 4.21. The zero-order valence-electron chi connectivity index (χ0n) is 9.63. The van der Waals surface area contributed by atoms with Crippen molar-refractivity contribution in [2.45, 2.75) is 24.5 Å². The number of hydrogen-bond acceptors (Lipinski definition) is 7. The summed E-state index contributed by atoms with van der Waals surface area (Å²) in [7, 11) is 0. The van der Waals surface area contributed by atoms with Gasteiger partial charge in [-0.15, -0.1) is 0 Å². The van der Waals surface area contributed by atoms with Gasteiger partial charge in [-0.05, 0) is 0 Å². The molecule has 0 radical (unpaired) electrons. The molecule has 0 spiro atoms. The summed E-state index contributed by atoms with van der Waals surface area (Å²) in [6, 6.07) is 1.34. The molecule has 2 aliphatic heterocycles. The Bertz CT molecular complexity index is 573. The van der Waals surface area contributed by atoms with E-state index in [-0.39, 0.29) is 12.6 Å². The molecular formula is C10H11N3O6. The van der Waals surface area contributed by atoms with Crippen LogP contribution in [0.15, 0.2) is 17.1 Å². The summed E-state index contributed by atoms with van der Waals surface area (Å²) in [5, 5.41) is 9.21. The van der Waals surface area contributed by atoms with Gasteiger partial charge in [0.15, 0.2) is 18.4 Å². The Kier molecular flexibility index (Phi) is 2.64. The molecule has 4 atom stereocenters. The Morgan fingerprint density at radius 2 is 2.42 bits per heavy atom. The summed E-state index contributed by atoms with van der Waals surface area (Å²) in [6.07, 6.45) is -2.44. The van der Waals surface area contributed by atoms with Gasteiger partial charge in [0.2, 0.25) is 0 Å². The Morgan fingerprint density at radius 3 is 3.11 bits per heavy atom. The van der Waals surface area contributed by atoms with E-state index in [1.807, 2.05) is 0 Å². The second-order valence-corrected chi connectivity index (χ2v) is 4.19. The van der Waals surface area contributed by atoms with Gasteiger partial charge >= 0.3 is 12.1 Å². The van der Waals surface area contributed by atoms with E-state index in [9.17, 15) is 14.7 Å². The maximum atomic E-state index is 11.1. The van der Waals surface area contributed by atoms with Crippen molar-refractivity contribution in [1.82, 2.24) is 9.55 Å². The van der Waals surface area contributed by atoms with Crippen LogP contribution in [0.2, 0.25) is 0 Å². The number of fused-ring (bicyclic) bond motifs is 3. The van der Waals surface area contributed by atoms with Crippen LogP contribution in [-0.4, -0.2) is 45.7 Å². The fraction of sp³-hybridized carbons (Fsp3) is 0.500. The van der Waals surface area contributed by atoms with Crippen LogP contribution in [0.1, 0.15) is 6.23 Å². The molecule has 1 fully saturated rings. The monoisotopic (exact) mass is 269 g/mol. The second-order valence-electron chi connectivity index (χ2n) is 4.19. The highest BCUT2D eigenvalue weighted by atomic mass is 16.7. The molecule has 9 heteroatoms. The molecule has 19 heavy (non-hydrogen) atoms. The van der Waals surface area contributed by atoms with E-state index in [0.29, 0.717) is 0 Å². The number of carbonyl (C=O) groups is 1. The van der Waals surface area contributed by atoms with Crippen LogP contribution in [0.25, 0.3) is 0 Å². The first kappa shape index (κ1) is 11.9. The first-order chi connectivity index (χ1) is 9.10. The van der Waals surface area contributed by atoms with E-state index in [1.54, 1.807) is 0 Å². The van der Waals surface area contributed by atoms with Gasteiger partial charge in [0.25, 0.3) is 5.56 Å². The summed E-state index contributed by atoms with van der Waals surface area (Å²) >= 11 is 0. The maximum absolute atomic E-state index is 11.1. The highest BCUT2D eigenvalue weighted by molar-refractivity contribution is 5.65. The predicted octanol–water partition coefficient (Wildman–Crippen LogP) is -1.64. The highest BCUT2D eigenvalue weighted by Gasteiger charge is 2.53. The van der Waals surface area contributed by atoms with Gasteiger partial charge < -0.3 is 25.1 Å². The number of aromatic nitrogens is 2. The first-order valence-corrected chi connectivity index (χ1v) is 5.58. The highest BCUT2D eigenvalue weighted by Crippen LogP contribution is 2.39. The van der Waals surface area contributed by atoms with Crippen molar-refractivity contribution in [2.24, 2.45) is 5.73 Å². The quantitative estimate of drug-likeness (QED) is 0.659. The Hall–Kier alpha value is -2.13. The summed E-state index contributed by atoms with van der Waals surface area (Å²) in [6.45, 7) is -0.350. The number of primary amides is 1. The molecule has 0 aliphatic carbocycles.